The van der Waals surface area contributed by atoms with Crippen molar-refractivity contribution in [3.05, 3.63) is 10.5 Å². The summed E-state index contributed by atoms with van der Waals surface area (Å²) >= 11 is 1.28. The molecule has 1 aliphatic rings. The normalized spacial score (nSPS) is 16.8. The molecule has 0 bridgehead atoms. The second kappa shape index (κ2) is 5.79. The van der Waals surface area contributed by atoms with Gasteiger partial charge in [-0.2, -0.15) is 0 Å². The molecule has 1 heterocycles. The standard InChI is InChI=1S/C11H18N4O3S/c1-6(2)15-10(18)13-14-11(15)19-5-8(9(16)17)12-7-3-4-7/h6-8,12H,3-5H2,1-2H3,(H,13,18)(H,16,17). The highest BCUT2D eigenvalue weighted by Gasteiger charge is 2.28. The Kier molecular flexibility index (Phi) is 4.31. The minimum absolute atomic E-state index is 0.00609. The van der Waals surface area contributed by atoms with Gasteiger partial charge >= 0.3 is 11.7 Å². The molecule has 0 amide bonds. The smallest absolute Gasteiger partial charge is 0.344 e. The molecule has 3 N–H and O–H groups in total. The van der Waals surface area contributed by atoms with Crippen LogP contribution in [0.5, 0.6) is 0 Å². The molecule has 1 fully saturated rings. The predicted octanol–water partition coefficient (Wildman–Crippen LogP) is 0.450. The van der Waals surface area contributed by atoms with Crippen LogP contribution in [0.4, 0.5) is 0 Å². The predicted molar refractivity (Wildman–Crippen MR) is 71.5 cm³/mol. The number of carboxylic acid groups (broad SMARTS) is 1. The van der Waals surface area contributed by atoms with Gasteiger partial charge in [0.15, 0.2) is 5.16 Å². The van der Waals surface area contributed by atoms with Crippen LogP contribution in [0.3, 0.4) is 0 Å². The molecule has 7 nitrogen and oxygen atoms in total. The first-order chi connectivity index (χ1) is 8.99. The lowest BCUT2D eigenvalue weighted by Gasteiger charge is -2.14. The van der Waals surface area contributed by atoms with Crippen molar-refractivity contribution in [1.29, 1.82) is 0 Å². The van der Waals surface area contributed by atoms with Crippen molar-refractivity contribution in [1.82, 2.24) is 20.1 Å². The summed E-state index contributed by atoms with van der Waals surface area (Å²) in [5.41, 5.74) is -0.264. The van der Waals surface area contributed by atoms with Gasteiger partial charge in [0.1, 0.15) is 6.04 Å². The maximum atomic E-state index is 11.5. The Morgan fingerprint density at radius 1 is 1.63 bits per heavy atom. The number of aromatic amines is 1. The summed E-state index contributed by atoms with van der Waals surface area (Å²) < 4.78 is 1.53. The van der Waals surface area contributed by atoms with E-state index in [2.05, 4.69) is 15.5 Å². The Labute approximate surface area is 114 Å². The van der Waals surface area contributed by atoms with E-state index in [0.717, 1.165) is 12.8 Å². The third-order valence-electron chi connectivity index (χ3n) is 2.88. The highest BCUT2D eigenvalue weighted by Crippen LogP contribution is 2.22. The fourth-order valence-corrected chi connectivity index (χ4v) is 2.83. The van der Waals surface area contributed by atoms with E-state index in [1.54, 1.807) is 0 Å². The van der Waals surface area contributed by atoms with Crippen LogP contribution >= 0.6 is 11.8 Å². The molecular weight excluding hydrogens is 268 g/mol. The monoisotopic (exact) mass is 286 g/mol. The van der Waals surface area contributed by atoms with Crippen molar-refractivity contribution in [2.45, 2.75) is 50.0 Å². The van der Waals surface area contributed by atoms with Crippen LogP contribution < -0.4 is 11.0 Å². The number of carbonyl (C=O) groups is 1. The Hall–Kier alpha value is -1.28. The number of nitrogens with one attached hydrogen (secondary N) is 2. The molecule has 19 heavy (non-hydrogen) atoms. The topological polar surface area (TPSA) is 100 Å². The summed E-state index contributed by atoms with van der Waals surface area (Å²) in [7, 11) is 0. The number of H-pyrrole nitrogens is 1. The van der Waals surface area contributed by atoms with Crippen LogP contribution in [0, 0.1) is 0 Å². The first kappa shape index (κ1) is 14.1. The van der Waals surface area contributed by atoms with E-state index in [9.17, 15) is 9.59 Å². The lowest BCUT2D eigenvalue weighted by molar-refractivity contribution is -0.138. The molecule has 1 aromatic rings. The van der Waals surface area contributed by atoms with Gasteiger partial charge in [-0.1, -0.05) is 11.8 Å². The summed E-state index contributed by atoms with van der Waals surface area (Å²) in [5, 5.41) is 19.1. The van der Waals surface area contributed by atoms with Gasteiger partial charge in [0, 0.05) is 17.8 Å². The van der Waals surface area contributed by atoms with E-state index in [4.69, 9.17) is 5.11 Å². The van der Waals surface area contributed by atoms with Gasteiger partial charge in [-0.15, -0.1) is 5.10 Å². The maximum absolute atomic E-state index is 11.5. The van der Waals surface area contributed by atoms with Crippen molar-refractivity contribution in [3.8, 4) is 0 Å². The van der Waals surface area contributed by atoms with Gasteiger partial charge in [-0.05, 0) is 26.7 Å². The molecule has 106 valence electrons. The molecule has 1 aromatic heterocycles. The minimum atomic E-state index is -0.867. The van der Waals surface area contributed by atoms with Gasteiger partial charge in [0.2, 0.25) is 0 Å². The second-order valence-corrected chi connectivity index (χ2v) is 5.91. The largest absolute Gasteiger partial charge is 0.480 e. The number of thioether (sulfide) groups is 1. The van der Waals surface area contributed by atoms with Crippen molar-refractivity contribution in [2.75, 3.05) is 5.75 Å². The van der Waals surface area contributed by atoms with Crippen LogP contribution in [0.25, 0.3) is 0 Å². The van der Waals surface area contributed by atoms with Gasteiger partial charge in [-0.3, -0.25) is 9.36 Å². The van der Waals surface area contributed by atoms with Gasteiger partial charge in [0.25, 0.3) is 0 Å². The molecule has 1 aliphatic carbocycles. The zero-order chi connectivity index (χ0) is 14.0. The molecule has 0 aliphatic heterocycles. The zero-order valence-corrected chi connectivity index (χ0v) is 11.7. The number of nitrogens with zero attached hydrogens (tertiary/aromatic N) is 2. The quantitative estimate of drug-likeness (QED) is 0.629. The minimum Gasteiger partial charge on any atom is -0.480 e. The summed E-state index contributed by atoms with van der Waals surface area (Å²) in [5.74, 6) is -0.517. The van der Waals surface area contributed by atoms with Crippen LogP contribution in [0.15, 0.2) is 9.95 Å². The van der Waals surface area contributed by atoms with Gasteiger partial charge < -0.3 is 10.4 Å². The second-order valence-electron chi connectivity index (χ2n) is 4.92. The average molecular weight is 286 g/mol. The summed E-state index contributed by atoms with van der Waals surface area (Å²) in [6.45, 7) is 3.77. The average Bonchev–Trinajstić information content (AvgIpc) is 3.06. The van der Waals surface area contributed by atoms with Gasteiger partial charge in [0.05, 0.1) is 0 Å². The van der Waals surface area contributed by atoms with E-state index in [-0.39, 0.29) is 11.7 Å². The number of hydrogen-bond acceptors (Lipinski definition) is 5. The van der Waals surface area contributed by atoms with Gasteiger partial charge in [-0.25, -0.2) is 9.89 Å². The van der Waals surface area contributed by atoms with Crippen molar-refractivity contribution >= 4 is 17.7 Å². The lowest BCUT2D eigenvalue weighted by Crippen LogP contribution is -2.40. The third-order valence-corrected chi connectivity index (χ3v) is 3.93. The molecule has 1 unspecified atom stereocenters. The number of hydrogen-bond donors (Lipinski definition) is 3. The Balaban J connectivity index is 2.00. The zero-order valence-electron chi connectivity index (χ0n) is 10.9. The Morgan fingerprint density at radius 2 is 2.32 bits per heavy atom. The molecule has 1 atom stereocenters. The lowest BCUT2D eigenvalue weighted by atomic mass is 10.3. The summed E-state index contributed by atoms with van der Waals surface area (Å²) in [6.07, 6.45) is 2.07. The fourth-order valence-electron chi connectivity index (χ4n) is 1.73. The van der Waals surface area contributed by atoms with Crippen molar-refractivity contribution < 1.29 is 9.90 Å². The van der Waals surface area contributed by atoms with E-state index >= 15 is 0 Å². The highest BCUT2D eigenvalue weighted by molar-refractivity contribution is 7.99. The SMILES string of the molecule is CC(C)n1c(SCC(NC2CC2)C(=O)O)n[nH]c1=O. The molecule has 0 saturated heterocycles. The van der Waals surface area contributed by atoms with E-state index in [1.807, 2.05) is 13.8 Å². The van der Waals surface area contributed by atoms with Crippen LogP contribution in [-0.4, -0.2) is 43.7 Å². The van der Waals surface area contributed by atoms with Crippen LogP contribution in [0.1, 0.15) is 32.7 Å². The fraction of sp³-hybridized carbons (Fsp3) is 0.727. The first-order valence-electron chi connectivity index (χ1n) is 6.27. The number of rotatable bonds is 7. The van der Waals surface area contributed by atoms with Crippen LogP contribution in [0.2, 0.25) is 0 Å². The number of aliphatic carboxylic acids is 1. The first-order valence-corrected chi connectivity index (χ1v) is 7.26. The molecule has 0 spiro atoms. The van der Waals surface area contributed by atoms with Crippen LogP contribution in [-0.2, 0) is 4.79 Å². The van der Waals surface area contributed by atoms with E-state index in [1.165, 1.54) is 16.3 Å². The molecule has 0 aromatic carbocycles. The Morgan fingerprint density at radius 3 is 2.84 bits per heavy atom. The third kappa shape index (κ3) is 3.60. The molecule has 1 saturated carbocycles. The highest BCUT2D eigenvalue weighted by atomic mass is 32.2. The molecule has 8 heteroatoms. The summed E-state index contributed by atoms with van der Waals surface area (Å²) in [4.78, 5) is 22.7. The van der Waals surface area contributed by atoms with Crippen molar-refractivity contribution in [2.24, 2.45) is 0 Å². The molecular formula is C11H18N4O3S. The molecule has 0 radical (unpaired) electrons. The maximum Gasteiger partial charge on any atom is 0.344 e. The molecule has 2 rings (SSSR count). The Bertz CT molecular complexity index is 506. The number of carboxylic acids is 1. The number of aromatic nitrogens is 3. The van der Waals surface area contributed by atoms with E-state index in [0.29, 0.717) is 17.0 Å². The summed E-state index contributed by atoms with van der Waals surface area (Å²) in [6, 6.07) is -0.286. The van der Waals surface area contributed by atoms with E-state index < -0.39 is 12.0 Å². The van der Waals surface area contributed by atoms with Crippen molar-refractivity contribution in [3.63, 3.8) is 0 Å².